The van der Waals surface area contributed by atoms with E-state index in [1.807, 2.05) is 0 Å². The maximum atomic E-state index is 11.5. The molecule has 1 aromatic carbocycles. The van der Waals surface area contributed by atoms with E-state index in [1.165, 1.54) is 18.7 Å². The van der Waals surface area contributed by atoms with Gasteiger partial charge in [-0.25, -0.2) is 0 Å². The summed E-state index contributed by atoms with van der Waals surface area (Å²) in [5.41, 5.74) is 6.26. The molecule has 0 heterocycles. The molecule has 0 spiro atoms. The number of nitrogens with one attached hydrogen (secondary N) is 2. The van der Waals surface area contributed by atoms with E-state index in [-0.39, 0.29) is 17.6 Å². The molecule has 0 aliphatic carbocycles. The fourth-order valence-electron chi connectivity index (χ4n) is 1.27. The molecule has 0 saturated carbocycles. The molecule has 5 nitrogen and oxygen atoms in total. The first-order chi connectivity index (χ1) is 8.99. The van der Waals surface area contributed by atoms with Crippen molar-refractivity contribution in [1.82, 2.24) is 10.6 Å². The average Bonchev–Trinajstić information content (AvgIpc) is 2.35. The van der Waals surface area contributed by atoms with Crippen molar-refractivity contribution < 1.29 is 9.59 Å². The highest BCUT2D eigenvalue weighted by Gasteiger charge is 2.06. The molecular formula is C12H16ClN3O2S. The van der Waals surface area contributed by atoms with Crippen molar-refractivity contribution in [2.75, 3.05) is 24.6 Å². The van der Waals surface area contributed by atoms with Gasteiger partial charge in [0.2, 0.25) is 11.8 Å². The fraction of sp³-hybridized carbons (Fsp3) is 0.333. The zero-order valence-electron chi connectivity index (χ0n) is 10.5. The van der Waals surface area contributed by atoms with Gasteiger partial charge in [0.1, 0.15) is 0 Å². The molecule has 7 heteroatoms. The Balaban J connectivity index is 2.30. The first-order valence-corrected chi connectivity index (χ1v) is 7.04. The van der Waals surface area contributed by atoms with E-state index in [9.17, 15) is 9.59 Å². The van der Waals surface area contributed by atoms with Crippen LogP contribution in [0.3, 0.4) is 0 Å². The predicted molar refractivity (Wildman–Crippen MR) is 78.3 cm³/mol. The maximum absolute atomic E-state index is 11.5. The molecule has 0 aromatic heterocycles. The SMILES string of the molecule is CC(=O)NCCNC(=O)CSc1cc(N)ccc1Cl. The molecule has 1 rings (SSSR count). The molecule has 0 fully saturated rings. The largest absolute Gasteiger partial charge is 0.399 e. The van der Waals surface area contributed by atoms with Gasteiger partial charge in [0.25, 0.3) is 0 Å². The normalized spacial score (nSPS) is 10.0. The number of nitrogen functional groups attached to an aromatic ring is 1. The summed E-state index contributed by atoms with van der Waals surface area (Å²) in [6, 6.07) is 5.14. The van der Waals surface area contributed by atoms with Gasteiger partial charge in [-0.1, -0.05) is 11.6 Å². The highest BCUT2D eigenvalue weighted by Crippen LogP contribution is 2.28. The number of nitrogens with two attached hydrogens (primary N) is 1. The van der Waals surface area contributed by atoms with E-state index in [2.05, 4.69) is 10.6 Å². The Morgan fingerprint density at radius 3 is 2.68 bits per heavy atom. The van der Waals surface area contributed by atoms with E-state index in [0.717, 1.165) is 4.90 Å². The Bertz CT molecular complexity index is 468. The molecular weight excluding hydrogens is 286 g/mol. The topological polar surface area (TPSA) is 84.2 Å². The van der Waals surface area contributed by atoms with Crippen molar-refractivity contribution in [2.45, 2.75) is 11.8 Å². The zero-order valence-corrected chi connectivity index (χ0v) is 12.1. The monoisotopic (exact) mass is 301 g/mol. The van der Waals surface area contributed by atoms with Gasteiger partial charge in [0, 0.05) is 30.6 Å². The maximum Gasteiger partial charge on any atom is 0.230 e. The Kier molecular flexibility index (Phi) is 6.52. The lowest BCUT2D eigenvalue weighted by molar-refractivity contribution is -0.120. The van der Waals surface area contributed by atoms with Crippen molar-refractivity contribution in [3.63, 3.8) is 0 Å². The van der Waals surface area contributed by atoms with E-state index in [0.29, 0.717) is 23.8 Å². The van der Waals surface area contributed by atoms with Crippen LogP contribution < -0.4 is 16.4 Å². The minimum atomic E-state index is -0.117. The summed E-state index contributed by atoms with van der Waals surface area (Å²) in [7, 11) is 0. The molecule has 1 aromatic rings. The Morgan fingerprint density at radius 1 is 1.32 bits per heavy atom. The highest BCUT2D eigenvalue weighted by atomic mass is 35.5. The lowest BCUT2D eigenvalue weighted by Gasteiger charge is -2.07. The highest BCUT2D eigenvalue weighted by molar-refractivity contribution is 8.00. The third-order valence-electron chi connectivity index (χ3n) is 2.14. The summed E-state index contributed by atoms with van der Waals surface area (Å²) in [5, 5.41) is 5.86. The molecule has 2 amide bonds. The van der Waals surface area contributed by atoms with E-state index < -0.39 is 0 Å². The van der Waals surface area contributed by atoms with Crippen LogP contribution in [0.4, 0.5) is 5.69 Å². The van der Waals surface area contributed by atoms with Gasteiger partial charge in [-0.3, -0.25) is 9.59 Å². The first kappa shape index (κ1) is 15.7. The lowest BCUT2D eigenvalue weighted by Crippen LogP contribution is -2.34. The molecule has 0 saturated heterocycles. The van der Waals surface area contributed by atoms with Crippen LogP contribution in [-0.4, -0.2) is 30.7 Å². The van der Waals surface area contributed by atoms with E-state index >= 15 is 0 Å². The smallest absolute Gasteiger partial charge is 0.230 e. The van der Waals surface area contributed by atoms with Gasteiger partial charge in [0.05, 0.1) is 10.8 Å². The summed E-state index contributed by atoms with van der Waals surface area (Å²) < 4.78 is 0. The third kappa shape index (κ3) is 6.35. The van der Waals surface area contributed by atoms with Crippen LogP contribution >= 0.6 is 23.4 Å². The molecule has 19 heavy (non-hydrogen) atoms. The third-order valence-corrected chi connectivity index (χ3v) is 3.63. The summed E-state index contributed by atoms with van der Waals surface area (Å²) in [6.07, 6.45) is 0. The lowest BCUT2D eigenvalue weighted by atomic mass is 10.3. The number of anilines is 1. The number of hydrogen-bond acceptors (Lipinski definition) is 4. The number of halogens is 1. The second kappa shape index (κ2) is 7.91. The summed E-state index contributed by atoms with van der Waals surface area (Å²) >= 11 is 7.31. The van der Waals surface area contributed by atoms with Gasteiger partial charge in [-0.2, -0.15) is 0 Å². The van der Waals surface area contributed by atoms with E-state index in [4.69, 9.17) is 17.3 Å². The summed E-state index contributed by atoms with van der Waals surface area (Å²) in [4.78, 5) is 22.9. The van der Waals surface area contributed by atoms with Gasteiger partial charge in [-0.15, -0.1) is 11.8 Å². The standard InChI is InChI=1S/C12H16ClN3O2S/c1-8(17)15-4-5-16-12(18)7-19-11-6-9(14)2-3-10(11)13/h2-3,6H,4-5,7,14H2,1H3,(H,15,17)(H,16,18). The summed E-state index contributed by atoms with van der Waals surface area (Å²) in [5.74, 6) is 0.0208. The van der Waals surface area contributed by atoms with Gasteiger partial charge >= 0.3 is 0 Å². The summed E-state index contributed by atoms with van der Waals surface area (Å²) in [6.45, 7) is 2.26. The van der Waals surface area contributed by atoms with Crippen molar-refractivity contribution in [3.05, 3.63) is 23.2 Å². The van der Waals surface area contributed by atoms with Gasteiger partial charge in [0.15, 0.2) is 0 Å². The Hall–Kier alpha value is -1.40. The number of thioether (sulfide) groups is 1. The first-order valence-electron chi connectivity index (χ1n) is 5.68. The van der Waals surface area contributed by atoms with Crippen LogP contribution in [0.5, 0.6) is 0 Å². The number of carbonyl (C=O) groups excluding carboxylic acids is 2. The molecule has 0 unspecified atom stereocenters. The van der Waals surface area contributed by atoms with Gasteiger partial charge < -0.3 is 16.4 Å². The number of amides is 2. The second-order valence-electron chi connectivity index (χ2n) is 3.81. The molecule has 0 bridgehead atoms. The van der Waals surface area contributed by atoms with E-state index in [1.54, 1.807) is 18.2 Å². The minimum absolute atomic E-state index is 0.116. The minimum Gasteiger partial charge on any atom is -0.399 e. The number of benzene rings is 1. The quantitative estimate of drug-likeness (QED) is 0.420. The molecule has 0 radical (unpaired) electrons. The molecule has 4 N–H and O–H groups in total. The second-order valence-corrected chi connectivity index (χ2v) is 5.24. The zero-order chi connectivity index (χ0) is 14.3. The predicted octanol–water partition coefficient (Wildman–Crippen LogP) is 1.27. The number of carbonyl (C=O) groups is 2. The Labute approximate surface area is 121 Å². The van der Waals surface area contributed by atoms with Crippen LogP contribution in [0.2, 0.25) is 5.02 Å². The van der Waals surface area contributed by atoms with Crippen LogP contribution in [0.1, 0.15) is 6.92 Å². The molecule has 104 valence electrons. The van der Waals surface area contributed by atoms with Crippen LogP contribution in [-0.2, 0) is 9.59 Å². The Morgan fingerprint density at radius 2 is 2.00 bits per heavy atom. The molecule has 0 aliphatic heterocycles. The van der Waals surface area contributed by atoms with Gasteiger partial charge in [-0.05, 0) is 18.2 Å². The molecule has 0 atom stereocenters. The molecule has 0 aliphatic rings. The van der Waals surface area contributed by atoms with Crippen molar-refractivity contribution in [2.24, 2.45) is 0 Å². The number of rotatable bonds is 6. The number of hydrogen-bond donors (Lipinski definition) is 3. The van der Waals surface area contributed by atoms with Crippen LogP contribution in [0, 0.1) is 0 Å². The van der Waals surface area contributed by atoms with Crippen molar-refractivity contribution in [3.8, 4) is 0 Å². The van der Waals surface area contributed by atoms with Crippen LogP contribution in [0.15, 0.2) is 23.1 Å². The fourth-order valence-corrected chi connectivity index (χ4v) is 2.36. The van der Waals surface area contributed by atoms with Crippen molar-refractivity contribution in [1.29, 1.82) is 0 Å². The average molecular weight is 302 g/mol. The van der Waals surface area contributed by atoms with Crippen molar-refractivity contribution >= 4 is 40.9 Å². The van der Waals surface area contributed by atoms with Crippen LogP contribution in [0.25, 0.3) is 0 Å².